The van der Waals surface area contributed by atoms with Crippen LogP contribution in [0, 0.1) is 0 Å². The highest BCUT2D eigenvalue weighted by atomic mass is 16.5. The van der Waals surface area contributed by atoms with Gasteiger partial charge in [0.1, 0.15) is 5.76 Å². The number of methoxy groups -OCH3 is 1. The molecule has 0 unspecified atom stereocenters. The summed E-state index contributed by atoms with van der Waals surface area (Å²) in [4.78, 5) is 14.2. The molecule has 0 spiro atoms. The quantitative estimate of drug-likeness (QED) is 0.733. The summed E-state index contributed by atoms with van der Waals surface area (Å²) in [5.41, 5.74) is 1.64. The van der Waals surface area contributed by atoms with Gasteiger partial charge in [0.15, 0.2) is 0 Å². The first-order valence-electron chi connectivity index (χ1n) is 7.26. The number of benzene rings is 1. The molecule has 0 aliphatic carbocycles. The molecule has 1 aromatic carbocycles. The van der Waals surface area contributed by atoms with E-state index in [1.807, 2.05) is 24.3 Å². The number of fused-ring (bicyclic) bond motifs is 1. The largest absolute Gasteiger partial charge is 0.467 e. The summed E-state index contributed by atoms with van der Waals surface area (Å²) in [5.74, 6) is 0.724. The monoisotopic (exact) mass is 314 g/mol. The van der Waals surface area contributed by atoms with E-state index in [-0.39, 0.29) is 6.03 Å². The van der Waals surface area contributed by atoms with E-state index in [0.717, 1.165) is 16.7 Å². The average molecular weight is 314 g/mol. The maximum atomic E-state index is 12.5. The number of anilines is 1. The van der Waals surface area contributed by atoms with Gasteiger partial charge in [-0.05, 0) is 30.3 Å². The molecule has 2 amide bonds. The fraction of sp³-hybridized carbons (Fsp3) is 0.250. The minimum Gasteiger partial charge on any atom is -0.467 e. The Morgan fingerprint density at radius 2 is 2.35 bits per heavy atom. The number of urea groups is 1. The summed E-state index contributed by atoms with van der Waals surface area (Å²) in [5, 5.41) is 10.7. The number of carbonyl (C=O) groups is 1. The second-order valence-corrected chi connectivity index (χ2v) is 5.10. The van der Waals surface area contributed by atoms with Gasteiger partial charge in [0.25, 0.3) is 0 Å². The van der Waals surface area contributed by atoms with Crippen LogP contribution in [0.4, 0.5) is 10.5 Å². The second kappa shape index (κ2) is 6.97. The molecule has 0 aliphatic rings. The average Bonchev–Trinajstić information content (AvgIpc) is 3.22. The number of hydrogen-bond donors (Lipinski definition) is 2. The molecular weight excluding hydrogens is 296 g/mol. The van der Waals surface area contributed by atoms with Gasteiger partial charge >= 0.3 is 6.03 Å². The highest BCUT2D eigenvalue weighted by Gasteiger charge is 2.15. The molecule has 7 heteroatoms. The van der Waals surface area contributed by atoms with E-state index < -0.39 is 0 Å². The molecule has 7 nitrogen and oxygen atoms in total. The summed E-state index contributed by atoms with van der Waals surface area (Å²) >= 11 is 0. The summed E-state index contributed by atoms with van der Waals surface area (Å²) in [6.07, 6.45) is 3.31. The first-order chi connectivity index (χ1) is 11.3. The van der Waals surface area contributed by atoms with Crippen molar-refractivity contribution in [1.82, 2.24) is 15.1 Å². The number of hydrogen-bond acceptors (Lipinski definition) is 4. The summed E-state index contributed by atoms with van der Waals surface area (Å²) < 4.78 is 10.4. The SMILES string of the molecule is COCCN(Cc1ccco1)C(=O)Nc1ccc2[nH]ncc2c1. The lowest BCUT2D eigenvalue weighted by Gasteiger charge is -2.21. The van der Waals surface area contributed by atoms with Gasteiger partial charge in [-0.3, -0.25) is 5.10 Å². The molecule has 23 heavy (non-hydrogen) atoms. The minimum absolute atomic E-state index is 0.207. The van der Waals surface area contributed by atoms with Crippen LogP contribution in [0.15, 0.2) is 47.2 Å². The number of rotatable bonds is 6. The molecule has 0 atom stereocenters. The molecule has 0 fully saturated rings. The van der Waals surface area contributed by atoms with E-state index in [1.165, 1.54) is 0 Å². The number of ether oxygens (including phenoxy) is 1. The van der Waals surface area contributed by atoms with Crippen molar-refractivity contribution in [2.45, 2.75) is 6.54 Å². The van der Waals surface area contributed by atoms with E-state index in [4.69, 9.17) is 9.15 Å². The standard InChI is InChI=1S/C16H18N4O3/c1-22-8-6-20(11-14-3-2-7-23-14)16(21)18-13-4-5-15-12(9-13)10-17-19-15/h2-5,7,9-10H,6,8,11H2,1H3,(H,17,19)(H,18,21). The first-order valence-corrected chi connectivity index (χ1v) is 7.26. The number of H-pyrrole nitrogens is 1. The van der Waals surface area contributed by atoms with Crippen LogP contribution in [-0.2, 0) is 11.3 Å². The fourth-order valence-electron chi connectivity index (χ4n) is 2.27. The summed E-state index contributed by atoms with van der Waals surface area (Å²) in [6, 6.07) is 9.02. The van der Waals surface area contributed by atoms with E-state index >= 15 is 0 Å². The van der Waals surface area contributed by atoms with Crippen LogP contribution in [0.25, 0.3) is 10.9 Å². The summed E-state index contributed by atoms with van der Waals surface area (Å²) in [7, 11) is 1.61. The van der Waals surface area contributed by atoms with E-state index in [9.17, 15) is 4.79 Å². The minimum atomic E-state index is -0.207. The van der Waals surface area contributed by atoms with Gasteiger partial charge in [0.2, 0.25) is 0 Å². The van der Waals surface area contributed by atoms with Gasteiger partial charge in [-0.15, -0.1) is 0 Å². The third-order valence-corrected chi connectivity index (χ3v) is 3.47. The normalized spacial score (nSPS) is 10.8. The highest BCUT2D eigenvalue weighted by molar-refractivity contribution is 5.92. The molecule has 0 saturated carbocycles. The second-order valence-electron chi connectivity index (χ2n) is 5.10. The van der Waals surface area contributed by atoms with Crippen LogP contribution in [0.5, 0.6) is 0 Å². The van der Waals surface area contributed by atoms with Crippen molar-refractivity contribution in [2.75, 3.05) is 25.6 Å². The molecule has 3 aromatic rings. The lowest BCUT2D eigenvalue weighted by molar-refractivity contribution is 0.149. The Balaban J connectivity index is 1.71. The number of nitrogens with zero attached hydrogens (tertiary/aromatic N) is 2. The lowest BCUT2D eigenvalue weighted by atomic mass is 10.2. The first kappa shape index (κ1) is 15.1. The highest BCUT2D eigenvalue weighted by Crippen LogP contribution is 2.17. The van der Waals surface area contributed by atoms with Gasteiger partial charge in [-0.2, -0.15) is 5.10 Å². The number of furan rings is 1. The van der Waals surface area contributed by atoms with Crippen molar-refractivity contribution in [1.29, 1.82) is 0 Å². The Kier molecular flexibility index (Phi) is 4.58. The Bertz CT molecular complexity index is 767. The van der Waals surface area contributed by atoms with Gasteiger partial charge in [-0.25, -0.2) is 4.79 Å². The molecule has 3 rings (SSSR count). The number of amides is 2. The van der Waals surface area contributed by atoms with Crippen LogP contribution >= 0.6 is 0 Å². The van der Waals surface area contributed by atoms with E-state index in [2.05, 4.69) is 15.5 Å². The summed E-state index contributed by atoms with van der Waals surface area (Å²) in [6.45, 7) is 1.31. The Morgan fingerprint density at radius 1 is 1.43 bits per heavy atom. The van der Waals surface area contributed by atoms with Crippen molar-refractivity contribution in [3.05, 3.63) is 48.6 Å². The van der Waals surface area contributed by atoms with Gasteiger partial charge in [0.05, 0.1) is 31.1 Å². The number of carbonyl (C=O) groups excluding carboxylic acids is 1. The van der Waals surface area contributed by atoms with Crippen molar-refractivity contribution in [3.63, 3.8) is 0 Å². The third kappa shape index (κ3) is 3.70. The molecule has 2 aromatic heterocycles. The predicted octanol–water partition coefficient (Wildman–Crippen LogP) is 2.84. The molecule has 2 N–H and O–H groups in total. The van der Waals surface area contributed by atoms with Crippen molar-refractivity contribution in [2.24, 2.45) is 0 Å². The van der Waals surface area contributed by atoms with Crippen LogP contribution in [0.2, 0.25) is 0 Å². The number of nitrogens with one attached hydrogen (secondary N) is 2. The fourth-order valence-corrected chi connectivity index (χ4v) is 2.27. The van der Waals surface area contributed by atoms with Crippen LogP contribution in [0.1, 0.15) is 5.76 Å². The van der Waals surface area contributed by atoms with Crippen molar-refractivity contribution < 1.29 is 13.9 Å². The Morgan fingerprint density at radius 3 is 3.13 bits per heavy atom. The third-order valence-electron chi connectivity index (χ3n) is 3.47. The maximum absolute atomic E-state index is 12.5. The van der Waals surface area contributed by atoms with E-state index in [1.54, 1.807) is 30.5 Å². The molecular formula is C16H18N4O3. The number of aromatic amines is 1. The van der Waals surface area contributed by atoms with Gasteiger partial charge in [0, 0.05) is 24.7 Å². The number of aromatic nitrogens is 2. The maximum Gasteiger partial charge on any atom is 0.322 e. The van der Waals surface area contributed by atoms with Gasteiger partial charge < -0.3 is 19.4 Å². The van der Waals surface area contributed by atoms with Crippen LogP contribution in [0.3, 0.4) is 0 Å². The van der Waals surface area contributed by atoms with Crippen LogP contribution < -0.4 is 5.32 Å². The molecule has 2 heterocycles. The molecule has 0 saturated heterocycles. The van der Waals surface area contributed by atoms with Crippen molar-refractivity contribution in [3.8, 4) is 0 Å². The zero-order valence-electron chi connectivity index (χ0n) is 12.8. The zero-order chi connectivity index (χ0) is 16.1. The van der Waals surface area contributed by atoms with Crippen LogP contribution in [-0.4, -0.2) is 41.4 Å². The topological polar surface area (TPSA) is 83.4 Å². The molecule has 0 bridgehead atoms. The van der Waals surface area contributed by atoms with Crippen molar-refractivity contribution >= 4 is 22.6 Å². The molecule has 0 aliphatic heterocycles. The lowest BCUT2D eigenvalue weighted by Crippen LogP contribution is -2.36. The van der Waals surface area contributed by atoms with Gasteiger partial charge in [-0.1, -0.05) is 0 Å². The zero-order valence-corrected chi connectivity index (χ0v) is 12.8. The molecule has 120 valence electrons. The Labute approximate surface area is 133 Å². The van der Waals surface area contributed by atoms with E-state index in [0.29, 0.717) is 25.4 Å². The molecule has 0 radical (unpaired) electrons. The smallest absolute Gasteiger partial charge is 0.322 e. The predicted molar refractivity (Wildman–Crippen MR) is 86.1 cm³/mol. The Hall–Kier alpha value is -2.80.